The lowest BCUT2D eigenvalue weighted by Crippen LogP contribution is -2.08. The fourth-order valence-electron chi connectivity index (χ4n) is 1.27. The zero-order valence-electron chi connectivity index (χ0n) is 7.34. The van der Waals surface area contributed by atoms with E-state index in [1.807, 2.05) is 11.8 Å². The van der Waals surface area contributed by atoms with Crippen LogP contribution in [0.2, 0.25) is 0 Å². The first-order chi connectivity index (χ1) is 5.74. The number of esters is 1. The molecule has 12 heavy (non-hydrogen) atoms. The average Bonchev–Trinajstić information content (AvgIpc) is 2.56. The molecule has 0 aliphatic carbocycles. The van der Waals surface area contributed by atoms with Crippen LogP contribution in [0.3, 0.4) is 0 Å². The molecule has 68 valence electrons. The number of rotatable bonds is 3. The second-order valence-electron chi connectivity index (χ2n) is 2.91. The Balaban J connectivity index is 2.32. The van der Waals surface area contributed by atoms with Crippen molar-refractivity contribution in [2.75, 3.05) is 12.9 Å². The summed E-state index contributed by atoms with van der Waals surface area (Å²) in [7, 11) is 1.41. The van der Waals surface area contributed by atoms with E-state index in [-0.39, 0.29) is 5.97 Å². The molecule has 0 aromatic carbocycles. The van der Waals surface area contributed by atoms with Gasteiger partial charge in [-0.25, -0.2) is 0 Å². The zero-order chi connectivity index (χ0) is 8.97. The van der Waals surface area contributed by atoms with Crippen LogP contribution in [0.5, 0.6) is 0 Å². The van der Waals surface area contributed by atoms with Gasteiger partial charge in [-0.05, 0) is 18.6 Å². The van der Waals surface area contributed by atoms with Gasteiger partial charge in [-0.3, -0.25) is 4.79 Å². The summed E-state index contributed by atoms with van der Waals surface area (Å²) in [5.41, 5.74) is 1.02. The van der Waals surface area contributed by atoms with Crippen molar-refractivity contribution in [1.82, 2.24) is 0 Å². The van der Waals surface area contributed by atoms with E-state index in [0.29, 0.717) is 11.7 Å². The maximum atomic E-state index is 10.9. The molecular formula is C9H14O2S. The Morgan fingerprint density at radius 3 is 3.00 bits per heavy atom. The summed E-state index contributed by atoms with van der Waals surface area (Å²) in [6, 6.07) is 0. The van der Waals surface area contributed by atoms with Gasteiger partial charge in [0.15, 0.2) is 0 Å². The van der Waals surface area contributed by atoms with E-state index in [2.05, 4.69) is 11.3 Å². The molecule has 0 aromatic rings. The second kappa shape index (κ2) is 4.55. The topological polar surface area (TPSA) is 26.3 Å². The summed E-state index contributed by atoms with van der Waals surface area (Å²) in [6.45, 7) is 3.90. The molecule has 0 aromatic heterocycles. The molecule has 0 spiro atoms. The summed E-state index contributed by atoms with van der Waals surface area (Å²) in [5, 5.41) is 0.490. The van der Waals surface area contributed by atoms with Crippen LogP contribution in [0.1, 0.15) is 19.3 Å². The highest BCUT2D eigenvalue weighted by Crippen LogP contribution is 2.32. The largest absolute Gasteiger partial charge is 0.469 e. The van der Waals surface area contributed by atoms with Crippen molar-refractivity contribution in [2.24, 2.45) is 0 Å². The third-order valence-corrected chi connectivity index (χ3v) is 3.48. The van der Waals surface area contributed by atoms with Gasteiger partial charge in [0.1, 0.15) is 0 Å². The van der Waals surface area contributed by atoms with Gasteiger partial charge in [-0.2, -0.15) is 11.8 Å². The molecule has 3 heteroatoms. The van der Waals surface area contributed by atoms with Crippen LogP contribution >= 0.6 is 11.8 Å². The lowest BCUT2D eigenvalue weighted by atomic mass is 10.1. The van der Waals surface area contributed by atoms with E-state index in [1.54, 1.807) is 0 Å². The molecule has 1 unspecified atom stereocenters. The third-order valence-electron chi connectivity index (χ3n) is 1.98. The van der Waals surface area contributed by atoms with E-state index in [0.717, 1.165) is 5.57 Å². The average molecular weight is 186 g/mol. The monoisotopic (exact) mass is 186 g/mol. The lowest BCUT2D eigenvalue weighted by molar-refractivity contribution is -0.139. The van der Waals surface area contributed by atoms with Gasteiger partial charge in [-0.15, -0.1) is 0 Å². The Labute approximate surface area is 77.4 Å². The predicted octanol–water partition coefficient (Wildman–Crippen LogP) is 2.00. The third kappa shape index (κ3) is 2.55. The van der Waals surface area contributed by atoms with Crippen molar-refractivity contribution in [3.8, 4) is 0 Å². The summed E-state index contributed by atoms with van der Waals surface area (Å²) in [4.78, 5) is 10.9. The van der Waals surface area contributed by atoms with Crippen molar-refractivity contribution in [1.29, 1.82) is 0 Å². The van der Waals surface area contributed by atoms with E-state index < -0.39 is 0 Å². The van der Waals surface area contributed by atoms with Crippen LogP contribution in [0, 0.1) is 0 Å². The van der Waals surface area contributed by atoms with E-state index in [1.165, 1.54) is 25.7 Å². The molecule has 0 N–H and O–H groups in total. The molecule has 0 radical (unpaired) electrons. The molecule has 2 nitrogen and oxygen atoms in total. The number of hydrogen-bond acceptors (Lipinski definition) is 3. The number of hydrogen-bond donors (Lipinski definition) is 0. The molecule has 1 rings (SSSR count). The Kier molecular flexibility index (Phi) is 3.66. The SMILES string of the molecule is C=C(CC(=O)OC)C1CCCS1. The van der Waals surface area contributed by atoms with Crippen molar-refractivity contribution in [2.45, 2.75) is 24.5 Å². The summed E-state index contributed by atoms with van der Waals surface area (Å²) >= 11 is 1.90. The highest BCUT2D eigenvalue weighted by atomic mass is 32.2. The lowest BCUT2D eigenvalue weighted by Gasteiger charge is -2.10. The van der Waals surface area contributed by atoms with Gasteiger partial charge in [0.25, 0.3) is 0 Å². The number of ether oxygens (including phenoxy) is 1. The molecule has 1 heterocycles. The van der Waals surface area contributed by atoms with Crippen molar-refractivity contribution >= 4 is 17.7 Å². The predicted molar refractivity (Wildman–Crippen MR) is 51.3 cm³/mol. The second-order valence-corrected chi connectivity index (χ2v) is 4.22. The Morgan fingerprint density at radius 2 is 2.50 bits per heavy atom. The minimum absolute atomic E-state index is 0.174. The van der Waals surface area contributed by atoms with Gasteiger partial charge in [0.05, 0.1) is 13.5 Å². The molecule has 1 fully saturated rings. The van der Waals surface area contributed by atoms with Crippen molar-refractivity contribution in [3.63, 3.8) is 0 Å². The van der Waals surface area contributed by atoms with Crippen LogP contribution < -0.4 is 0 Å². The van der Waals surface area contributed by atoms with Crippen LogP contribution in [0.4, 0.5) is 0 Å². The standard InChI is InChI=1S/C9H14O2S/c1-7(6-9(10)11-2)8-4-3-5-12-8/h8H,1,3-6H2,2H3. The van der Waals surface area contributed by atoms with E-state index >= 15 is 0 Å². The van der Waals surface area contributed by atoms with Gasteiger partial charge in [0, 0.05) is 5.25 Å². The van der Waals surface area contributed by atoms with Gasteiger partial charge in [-0.1, -0.05) is 12.2 Å². The first-order valence-corrected chi connectivity index (χ1v) is 5.15. The maximum Gasteiger partial charge on any atom is 0.309 e. The Bertz CT molecular complexity index is 183. The van der Waals surface area contributed by atoms with Crippen LogP contribution in [-0.2, 0) is 9.53 Å². The number of methoxy groups -OCH3 is 1. The molecule has 1 aliphatic heterocycles. The number of carbonyl (C=O) groups excluding carboxylic acids is 1. The molecule has 0 amide bonds. The van der Waals surface area contributed by atoms with E-state index in [4.69, 9.17) is 0 Å². The zero-order valence-corrected chi connectivity index (χ0v) is 8.15. The molecule has 1 saturated heterocycles. The van der Waals surface area contributed by atoms with Crippen LogP contribution in [0.25, 0.3) is 0 Å². The first kappa shape index (κ1) is 9.65. The minimum atomic E-state index is -0.174. The molecule has 0 saturated carbocycles. The van der Waals surface area contributed by atoms with Crippen LogP contribution in [0.15, 0.2) is 12.2 Å². The van der Waals surface area contributed by atoms with Gasteiger partial charge < -0.3 is 4.74 Å². The van der Waals surface area contributed by atoms with E-state index in [9.17, 15) is 4.79 Å². The van der Waals surface area contributed by atoms with Crippen LogP contribution in [-0.4, -0.2) is 24.1 Å². The Hall–Kier alpha value is -0.440. The maximum absolute atomic E-state index is 10.9. The van der Waals surface area contributed by atoms with Crippen molar-refractivity contribution in [3.05, 3.63) is 12.2 Å². The summed E-state index contributed by atoms with van der Waals surface area (Å²) in [6.07, 6.45) is 2.80. The quantitative estimate of drug-likeness (QED) is 0.498. The smallest absolute Gasteiger partial charge is 0.309 e. The molecule has 1 aliphatic rings. The normalized spacial score (nSPS) is 22.2. The summed E-state index contributed by atoms with van der Waals surface area (Å²) < 4.78 is 4.57. The number of carbonyl (C=O) groups is 1. The molecular weight excluding hydrogens is 172 g/mol. The molecule has 1 atom stereocenters. The van der Waals surface area contributed by atoms with Crippen molar-refractivity contribution < 1.29 is 9.53 Å². The fourth-order valence-corrected chi connectivity index (χ4v) is 2.54. The first-order valence-electron chi connectivity index (χ1n) is 4.10. The fraction of sp³-hybridized carbons (Fsp3) is 0.667. The summed E-state index contributed by atoms with van der Waals surface area (Å²) in [5.74, 6) is 1.03. The Morgan fingerprint density at radius 1 is 1.75 bits per heavy atom. The minimum Gasteiger partial charge on any atom is -0.469 e. The van der Waals surface area contributed by atoms with Gasteiger partial charge in [0.2, 0.25) is 0 Å². The highest BCUT2D eigenvalue weighted by molar-refractivity contribution is 8.00. The van der Waals surface area contributed by atoms with Gasteiger partial charge >= 0.3 is 5.97 Å². The molecule has 0 bridgehead atoms. The number of thioether (sulfide) groups is 1. The highest BCUT2D eigenvalue weighted by Gasteiger charge is 2.20.